The average molecular weight is 474 g/mol. The molecule has 5 rings (SSSR count). The highest BCUT2D eigenvalue weighted by Crippen LogP contribution is 2.61. The Kier molecular flexibility index (Phi) is 6.66. The van der Waals surface area contributed by atoms with Gasteiger partial charge in [0.15, 0.2) is 0 Å². The molecule has 0 saturated heterocycles. The van der Waals surface area contributed by atoms with Gasteiger partial charge in [-0.25, -0.2) is 4.68 Å². The van der Waals surface area contributed by atoms with Crippen LogP contribution in [0.25, 0.3) is 0 Å². The van der Waals surface area contributed by atoms with Crippen molar-refractivity contribution >= 4 is 23.2 Å². The summed E-state index contributed by atoms with van der Waals surface area (Å²) in [5.74, 6) is 1.64. The quantitative estimate of drug-likeness (QED) is 0.609. The van der Waals surface area contributed by atoms with Gasteiger partial charge in [0.1, 0.15) is 17.3 Å². The molecule has 33 heavy (non-hydrogen) atoms. The van der Waals surface area contributed by atoms with E-state index in [1.165, 1.54) is 6.42 Å². The van der Waals surface area contributed by atoms with Crippen molar-refractivity contribution in [2.24, 2.45) is 23.2 Å². The highest BCUT2D eigenvalue weighted by atomic mass is 35.5. The van der Waals surface area contributed by atoms with E-state index in [4.69, 9.17) is 16.3 Å². The fourth-order valence-corrected chi connectivity index (χ4v) is 5.64. The normalized spacial score (nSPS) is 25.1. The van der Waals surface area contributed by atoms with Gasteiger partial charge in [0.2, 0.25) is 5.91 Å². The third-order valence-corrected chi connectivity index (χ3v) is 7.92. The van der Waals surface area contributed by atoms with Gasteiger partial charge in [-0.05, 0) is 60.6 Å². The van der Waals surface area contributed by atoms with E-state index in [1.807, 2.05) is 19.1 Å². The standard InChI is InChI=1S/C24H32ClN5O3/c1-5-33-22-21(28-18-11-16-10-17(14(18)2)24(16,3)4)20(25)23(32)30(29-22)13-19(31)27-12-15-6-8-26-9-7-15/h6-9,14,16-18,28H,5,10-13H2,1-4H3,(H,27,31)/t14-,16+,17-,18-/m1/s1. The van der Waals surface area contributed by atoms with Gasteiger partial charge in [-0.1, -0.05) is 32.4 Å². The van der Waals surface area contributed by atoms with Crippen LogP contribution in [0.2, 0.25) is 5.02 Å². The molecule has 0 spiro atoms. The van der Waals surface area contributed by atoms with E-state index < -0.39 is 5.56 Å². The molecule has 0 aromatic carbocycles. The number of amides is 1. The van der Waals surface area contributed by atoms with Gasteiger partial charge in [0.05, 0.1) is 6.61 Å². The Morgan fingerprint density at radius 3 is 2.67 bits per heavy atom. The van der Waals surface area contributed by atoms with Crippen molar-refractivity contribution in [2.75, 3.05) is 11.9 Å². The fraction of sp³-hybridized carbons (Fsp3) is 0.583. The fourth-order valence-electron chi connectivity index (χ4n) is 5.41. The number of pyridine rings is 1. The Balaban J connectivity index is 1.50. The van der Waals surface area contributed by atoms with Crippen molar-refractivity contribution in [1.82, 2.24) is 20.1 Å². The molecule has 2 heterocycles. The second-order valence-electron chi connectivity index (χ2n) is 9.73. The molecule has 1 amide bonds. The van der Waals surface area contributed by atoms with E-state index >= 15 is 0 Å². The summed E-state index contributed by atoms with van der Waals surface area (Å²) in [6.07, 6.45) is 5.59. The molecule has 178 valence electrons. The van der Waals surface area contributed by atoms with Crippen LogP contribution in [0, 0.1) is 23.2 Å². The summed E-state index contributed by atoms with van der Waals surface area (Å²) in [5.41, 5.74) is 1.17. The maximum atomic E-state index is 12.9. The lowest BCUT2D eigenvalue weighted by atomic mass is 9.45. The molecule has 3 fully saturated rings. The van der Waals surface area contributed by atoms with Crippen LogP contribution in [0.4, 0.5) is 5.69 Å². The van der Waals surface area contributed by atoms with Crippen LogP contribution in [-0.4, -0.2) is 33.3 Å². The van der Waals surface area contributed by atoms with Gasteiger partial charge >= 0.3 is 0 Å². The van der Waals surface area contributed by atoms with Crippen molar-refractivity contribution in [3.8, 4) is 5.88 Å². The van der Waals surface area contributed by atoms with E-state index in [0.29, 0.717) is 42.0 Å². The molecular weight excluding hydrogens is 442 g/mol. The molecule has 3 saturated carbocycles. The molecule has 0 aliphatic heterocycles. The van der Waals surface area contributed by atoms with Crippen molar-refractivity contribution in [2.45, 2.75) is 59.7 Å². The number of fused-ring (bicyclic) bond motifs is 2. The maximum absolute atomic E-state index is 12.9. The van der Waals surface area contributed by atoms with Crippen LogP contribution in [0.3, 0.4) is 0 Å². The zero-order valence-electron chi connectivity index (χ0n) is 19.6. The Bertz CT molecular complexity index is 1070. The second-order valence-corrected chi connectivity index (χ2v) is 10.1. The molecule has 0 radical (unpaired) electrons. The molecule has 3 aliphatic rings. The number of ether oxygens (including phenoxy) is 1. The van der Waals surface area contributed by atoms with E-state index in [0.717, 1.165) is 16.7 Å². The Hall–Kier alpha value is -2.61. The van der Waals surface area contributed by atoms with Gasteiger partial charge in [0, 0.05) is 25.0 Å². The molecule has 8 nitrogen and oxygen atoms in total. The van der Waals surface area contributed by atoms with Crippen molar-refractivity contribution < 1.29 is 9.53 Å². The first kappa shape index (κ1) is 23.5. The number of rotatable bonds is 8. The predicted octanol–water partition coefficient (Wildman–Crippen LogP) is 3.49. The number of anilines is 1. The first-order valence-corrected chi connectivity index (χ1v) is 12.0. The van der Waals surface area contributed by atoms with Crippen molar-refractivity contribution in [1.29, 1.82) is 0 Å². The number of hydrogen-bond acceptors (Lipinski definition) is 6. The lowest BCUT2D eigenvalue weighted by molar-refractivity contribution is -0.122. The third kappa shape index (κ3) is 4.58. The molecular formula is C24H32ClN5O3. The summed E-state index contributed by atoms with van der Waals surface area (Å²) in [5, 5.41) is 10.6. The average Bonchev–Trinajstić information content (AvgIpc) is 2.80. The molecule has 0 unspecified atom stereocenters. The molecule has 9 heteroatoms. The minimum atomic E-state index is -0.518. The van der Waals surface area contributed by atoms with Gasteiger partial charge in [-0.2, -0.15) is 0 Å². The molecule has 2 aromatic rings. The Morgan fingerprint density at radius 2 is 2.03 bits per heavy atom. The van der Waals surface area contributed by atoms with Crippen LogP contribution in [-0.2, 0) is 17.9 Å². The van der Waals surface area contributed by atoms with Crippen molar-refractivity contribution in [3.05, 3.63) is 45.5 Å². The first-order chi connectivity index (χ1) is 15.7. The third-order valence-electron chi connectivity index (χ3n) is 7.56. The minimum Gasteiger partial charge on any atom is -0.475 e. The lowest BCUT2D eigenvalue weighted by Crippen LogP contribution is -2.58. The molecule has 4 atom stereocenters. The molecule has 2 bridgehead atoms. The largest absolute Gasteiger partial charge is 0.475 e. The van der Waals surface area contributed by atoms with E-state index in [-0.39, 0.29) is 29.4 Å². The summed E-state index contributed by atoms with van der Waals surface area (Å²) in [6, 6.07) is 3.82. The highest BCUT2D eigenvalue weighted by Gasteiger charge is 2.56. The Labute approximate surface area is 199 Å². The topological polar surface area (TPSA) is 98.1 Å². The highest BCUT2D eigenvalue weighted by molar-refractivity contribution is 6.33. The monoisotopic (exact) mass is 473 g/mol. The predicted molar refractivity (Wildman–Crippen MR) is 127 cm³/mol. The van der Waals surface area contributed by atoms with Crippen LogP contribution in [0.15, 0.2) is 29.3 Å². The Morgan fingerprint density at radius 1 is 1.30 bits per heavy atom. The summed E-state index contributed by atoms with van der Waals surface area (Å²) < 4.78 is 6.78. The summed E-state index contributed by atoms with van der Waals surface area (Å²) in [6.45, 7) is 9.25. The smallest absolute Gasteiger partial charge is 0.288 e. The van der Waals surface area contributed by atoms with E-state index in [2.05, 4.69) is 41.5 Å². The number of carbonyl (C=O) groups is 1. The van der Waals surface area contributed by atoms with Gasteiger partial charge in [-0.3, -0.25) is 14.6 Å². The first-order valence-electron chi connectivity index (χ1n) is 11.6. The summed E-state index contributed by atoms with van der Waals surface area (Å²) in [7, 11) is 0. The van der Waals surface area contributed by atoms with Gasteiger partial charge in [0.25, 0.3) is 11.4 Å². The zero-order valence-corrected chi connectivity index (χ0v) is 20.4. The van der Waals surface area contributed by atoms with Crippen LogP contribution in [0.5, 0.6) is 5.88 Å². The van der Waals surface area contributed by atoms with Crippen LogP contribution in [0.1, 0.15) is 46.1 Å². The van der Waals surface area contributed by atoms with Gasteiger partial charge in [-0.15, -0.1) is 5.10 Å². The minimum absolute atomic E-state index is 0.00101. The maximum Gasteiger partial charge on any atom is 0.288 e. The van der Waals surface area contributed by atoms with Crippen molar-refractivity contribution in [3.63, 3.8) is 0 Å². The molecule has 2 aromatic heterocycles. The SMILES string of the molecule is CCOc1nn(CC(=O)NCc2ccncc2)c(=O)c(Cl)c1N[C@@H]1C[C@@H]2C[C@H]([C@H]1C)C2(C)C. The molecule has 2 N–H and O–H groups in total. The number of aromatic nitrogens is 3. The van der Waals surface area contributed by atoms with Gasteiger partial charge < -0.3 is 15.4 Å². The number of nitrogens with zero attached hydrogens (tertiary/aromatic N) is 3. The second kappa shape index (κ2) is 9.33. The molecule has 3 aliphatic carbocycles. The van der Waals surface area contributed by atoms with E-state index in [1.54, 1.807) is 12.4 Å². The zero-order chi connectivity index (χ0) is 23.8. The number of halogens is 1. The summed E-state index contributed by atoms with van der Waals surface area (Å²) in [4.78, 5) is 29.3. The van der Waals surface area contributed by atoms with E-state index in [9.17, 15) is 9.59 Å². The van der Waals surface area contributed by atoms with Crippen LogP contribution >= 0.6 is 11.6 Å². The number of carbonyl (C=O) groups excluding carboxylic acids is 1. The number of hydrogen-bond donors (Lipinski definition) is 2. The lowest BCUT2D eigenvalue weighted by Gasteiger charge is -2.62. The number of nitrogens with one attached hydrogen (secondary N) is 2. The van der Waals surface area contributed by atoms with Crippen LogP contribution < -0.4 is 20.9 Å². The summed E-state index contributed by atoms with van der Waals surface area (Å²) >= 11 is 6.51.